The smallest absolute Gasteiger partial charge is 0.119 e. The first-order valence-electron chi connectivity index (χ1n) is 44.6. The molecule has 10 aromatic carbocycles. The average molecular weight is 1620 g/mol. The van der Waals surface area contributed by atoms with E-state index in [4.69, 9.17) is 4.74 Å². The molecule has 0 radical (unpaired) electrons. The molecule has 18 nitrogen and oxygen atoms in total. The number of nitriles is 2. The minimum Gasteiger partial charge on any atom is -0.497 e. The predicted octanol–water partition coefficient (Wildman–Crippen LogP) is 19.7. The number of benzene rings is 10. The second-order valence-electron chi connectivity index (χ2n) is 33.9. The van der Waals surface area contributed by atoms with Gasteiger partial charge in [-0.15, -0.1) is 0 Å². The molecule has 21 rings (SSSR count). The lowest BCUT2D eigenvalue weighted by Crippen LogP contribution is -2.44. The van der Waals surface area contributed by atoms with E-state index in [-0.39, 0.29) is 0 Å². The van der Waals surface area contributed by atoms with E-state index in [1.807, 2.05) is 73.4 Å². The largest absolute Gasteiger partial charge is 0.497 e. The molecule has 0 spiro atoms. The molecule has 0 atom stereocenters. The highest BCUT2D eigenvalue weighted by Gasteiger charge is 2.31. The molecule has 10 heterocycles. The summed E-state index contributed by atoms with van der Waals surface area (Å²) in [4.78, 5) is 29.2. The quantitative estimate of drug-likeness (QED) is 0.0325. The van der Waals surface area contributed by atoms with Crippen molar-refractivity contribution >= 4 is 93.7 Å². The number of anilines is 5. The van der Waals surface area contributed by atoms with E-state index in [0.717, 1.165) is 151 Å². The number of piperidine rings is 5. The molecule has 0 amide bonds. The van der Waals surface area contributed by atoms with Crippen LogP contribution in [0.25, 0.3) is 65.3 Å². The molecule has 5 aromatic heterocycles. The van der Waals surface area contributed by atoms with E-state index in [2.05, 4.69) is 282 Å². The summed E-state index contributed by atoms with van der Waals surface area (Å²) in [6.07, 6.45) is 24.7. The fraction of sp³-hybridized carbons (Fsp3) is 0.327. The van der Waals surface area contributed by atoms with Crippen molar-refractivity contribution in [2.75, 3.05) is 104 Å². The number of nitrogens with one attached hydrogen (secondary N) is 10. The molecule has 0 unspecified atom stereocenters. The van der Waals surface area contributed by atoms with Gasteiger partial charge in [-0.3, -0.25) is 0 Å². The van der Waals surface area contributed by atoms with Crippen molar-refractivity contribution in [3.8, 4) is 17.9 Å². The third-order valence-electron chi connectivity index (χ3n) is 25.8. The first kappa shape index (κ1) is 82.1. The number of hydrogen-bond acceptors (Lipinski definition) is 13. The second-order valence-corrected chi connectivity index (χ2v) is 33.9. The molecule has 122 heavy (non-hydrogen) atoms. The van der Waals surface area contributed by atoms with Crippen molar-refractivity contribution in [3.63, 3.8) is 0 Å². The summed E-state index contributed by atoms with van der Waals surface area (Å²) in [6.45, 7) is 15.6. The van der Waals surface area contributed by atoms with Crippen LogP contribution < -0.4 is 55.8 Å². The number of hydrogen-bond donors (Lipinski definition) is 10. The highest BCUT2D eigenvalue weighted by Crippen LogP contribution is 2.37. The fourth-order valence-electron chi connectivity index (χ4n) is 18.8. The van der Waals surface area contributed by atoms with E-state index in [0.29, 0.717) is 30.2 Å². The first-order valence-corrected chi connectivity index (χ1v) is 44.6. The number of fused-ring (bicyclic) bond motifs is 6. The minimum absolute atomic E-state index is 0.490. The molecule has 5 saturated heterocycles. The molecule has 0 bridgehead atoms. The second kappa shape index (κ2) is 40.4. The van der Waals surface area contributed by atoms with Crippen LogP contribution in [0.3, 0.4) is 0 Å². The third kappa shape index (κ3) is 20.8. The Hall–Kier alpha value is -12.3. The molecular formula is C104H117N17O. The summed E-state index contributed by atoms with van der Waals surface area (Å²) in [6, 6.07) is 91.6. The van der Waals surface area contributed by atoms with E-state index in [1.165, 1.54) is 163 Å². The van der Waals surface area contributed by atoms with Gasteiger partial charge in [-0.25, -0.2) is 0 Å². The third-order valence-corrected chi connectivity index (χ3v) is 25.8. The molecule has 1 aliphatic carbocycles. The van der Waals surface area contributed by atoms with Gasteiger partial charge in [-0.1, -0.05) is 78.9 Å². The van der Waals surface area contributed by atoms with Gasteiger partial charge < -0.3 is 80.7 Å². The van der Waals surface area contributed by atoms with Gasteiger partial charge in [0.1, 0.15) is 5.75 Å². The normalized spacial score (nSPS) is 16.1. The van der Waals surface area contributed by atoms with Crippen molar-refractivity contribution in [2.45, 2.75) is 133 Å². The molecular weight excluding hydrogens is 1500 g/mol. The van der Waals surface area contributed by atoms with E-state index in [1.54, 1.807) is 7.11 Å². The number of aromatic amines is 5. The summed E-state index contributed by atoms with van der Waals surface area (Å²) in [5.74, 6) is 1.86. The molecule has 15 aromatic rings. The highest BCUT2D eigenvalue weighted by atomic mass is 16.5. The van der Waals surface area contributed by atoms with Gasteiger partial charge in [0.05, 0.1) is 30.4 Å². The molecule has 5 aliphatic heterocycles. The Labute approximate surface area is 718 Å². The number of aromatic nitrogens is 5. The van der Waals surface area contributed by atoms with Crippen LogP contribution >= 0.6 is 0 Å². The van der Waals surface area contributed by atoms with Crippen LogP contribution in [0.15, 0.2) is 268 Å². The maximum Gasteiger partial charge on any atom is 0.119 e. The number of nitrogens with zero attached hydrogens (tertiary/aromatic N) is 7. The van der Waals surface area contributed by atoms with Gasteiger partial charge in [0.15, 0.2) is 0 Å². The highest BCUT2D eigenvalue weighted by molar-refractivity contribution is 5.88. The van der Waals surface area contributed by atoms with Gasteiger partial charge in [0.2, 0.25) is 0 Å². The Morgan fingerprint density at radius 1 is 0.295 bits per heavy atom. The molecule has 18 heteroatoms. The van der Waals surface area contributed by atoms with Crippen LogP contribution in [0, 0.1) is 28.6 Å². The van der Waals surface area contributed by atoms with Crippen LogP contribution in [0.1, 0.15) is 110 Å². The standard InChI is InChI=1S/C24H25N3.2C21H22N4.C21H25N3O.C17H23N3/c1-2-4-20-15-18(5-6-19(20)3-1)17-27(22-10-12-25-13-11-22)23-7-8-24-21(16-23)9-14-26-24;22-14-16-2-1-3-17(12-16)15-25(19-7-9-23-10-8-19)20-4-5-21-18(13-20)6-11-24-21;22-14-17-3-1-2-4-18(17)15-25(19-8-10-23-11-9-19)20-5-6-21-16(13-20)7-12-24-21;1-25-20-4-2-3-16(13-20)15-24(18-8-10-22-11-9-18)19-5-6-21-17(14-19)7-12-23-21;1-2-13(1)12-20(15-6-8-18-9-7-15)16-3-4-17-14(11-16)5-10-19-17/h1-9,14-16,22,25-26H,10-13,17H2;1-6,11-13,19,23-24H,7-10,15H2;1-7,12-13,19,23-24H,8-11,15H2;2-7,12-14,18,22-23H,8-11,15H2,1H3;3-5,10-11,13,15,18-19H,1-2,6-9,12H2. The predicted molar refractivity (Wildman–Crippen MR) is 505 cm³/mol. The van der Waals surface area contributed by atoms with E-state index < -0.39 is 0 Å². The summed E-state index contributed by atoms with van der Waals surface area (Å²) < 4.78 is 5.40. The summed E-state index contributed by atoms with van der Waals surface area (Å²) in [5, 5.41) is 45.0. The number of ether oxygens (including phenoxy) is 1. The summed E-state index contributed by atoms with van der Waals surface area (Å²) in [7, 11) is 1.73. The molecule has 1 saturated carbocycles. The number of H-pyrrole nitrogens is 5. The van der Waals surface area contributed by atoms with Crippen molar-refractivity contribution in [1.29, 1.82) is 10.5 Å². The van der Waals surface area contributed by atoms with Gasteiger partial charge in [0, 0.05) is 177 Å². The van der Waals surface area contributed by atoms with Crippen LogP contribution in [0.5, 0.6) is 5.75 Å². The van der Waals surface area contributed by atoms with Gasteiger partial charge in [-0.05, 0) is 339 Å². The van der Waals surface area contributed by atoms with Crippen molar-refractivity contribution in [1.82, 2.24) is 51.5 Å². The topological polar surface area (TPSA) is 212 Å². The zero-order chi connectivity index (χ0) is 82.6. The lowest BCUT2D eigenvalue weighted by molar-refractivity contribution is 0.412. The molecule has 624 valence electrons. The van der Waals surface area contributed by atoms with E-state index >= 15 is 0 Å². The van der Waals surface area contributed by atoms with Crippen molar-refractivity contribution in [3.05, 3.63) is 301 Å². The maximum atomic E-state index is 9.44. The molecule has 6 aliphatic rings. The van der Waals surface area contributed by atoms with Gasteiger partial charge in [0.25, 0.3) is 0 Å². The lowest BCUT2D eigenvalue weighted by Gasteiger charge is -2.37. The summed E-state index contributed by atoms with van der Waals surface area (Å²) in [5.41, 5.74) is 18.9. The Morgan fingerprint density at radius 2 is 0.648 bits per heavy atom. The van der Waals surface area contributed by atoms with Crippen molar-refractivity contribution < 1.29 is 4.74 Å². The monoisotopic (exact) mass is 1620 g/mol. The number of rotatable bonds is 21. The maximum absolute atomic E-state index is 9.44. The van der Waals surface area contributed by atoms with Gasteiger partial charge in [-0.2, -0.15) is 10.5 Å². The SMILES string of the molecule is COc1cccc(CN(c2ccc3[nH]ccc3c2)C2CCNCC2)c1.N#Cc1cccc(CN(c2ccc3[nH]ccc3c2)C2CCNCC2)c1.N#Cc1ccccc1CN(c1ccc2[nH]ccc2c1)C1CCNCC1.c1cc2cc(N(CC3CC3)C3CCNCC3)ccc2[nH]1.c1ccc2cc(CN(c3ccc4[nH]ccc4c3)C3CCNCC3)ccc2c1. The minimum atomic E-state index is 0.490. The van der Waals surface area contributed by atoms with Crippen LogP contribution in [-0.4, -0.2) is 134 Å². The Balaban J connectivity index is 0.000000109. The van der Waals surface area contributed by atoms with Crippen LogP contribution in [0.4, 0.5) is 28.4 Å². The van der Waals surface area contributed by atoms with Crippen LogP contribution in [0.2, 0.25) is 0 Å². The zero-order valence-corrected chi connectivity index (χ0v) is 70.5. The Kier molecular flexibility index (Phi) is 27.2. The first-order chi connectivity index (χ1) is 60.3. The Bertz CT molecular complexity index is 5940. The average Bonchev–Trinajstić information content (AvgIpc) is 1.61. The number of methoxy groups -OCH3 is 1. The summed E-state index contributed by atoms with van der Waals surface area (Å²) >= 11 is 0. The fourth-order valence-corrected chi connectivity index (χ4v) is 18.8. The van der Waals surface area contributed by atoms with Crippen molar-refractivity contribution in [2.24, 2.45) is 5.92 Å². The van der Waals surface area contributed by atoms with E-state index in [9.17, 15) is 10.5 Å². The van der Waals surface area contributed by atoms with Gasteiger partial charge >= 0.3 is 0 Å². The zero-order valence-electron chi connectivity index (χ0n) is 70.5. The molecule has 6 fully saturated rings. The molecule has 10 N–H and O–H groups in total. The lowest BCUT2D eigenvalue weighted by atomic mass is 10.0. The van der Waals surface area contributed by atoms with Crippen LogP contribution in [-0.2, 0) is 26.2 Å². The Morgan fingerprint density at radius 3 is 1.04 bits per heavy atom.